The summed E-state index contributed by atoms with van der Waals surface area (Å²) >= 11 is 0. The minimum absolute atomic E-state index is 0.0429. The SMILES string of the molecule is CC(=O)NCc1ccc(C2CCCN2C(=O)Cc2ccccc2C)nc1. The van der Waals surface area contributed by atoms with Crippen molar-refractivity contribution in [2.45, 2.75) is 45.7 Å². The summed E-state index contributed by atoms with van der Waals surface area (Å²) in [6.45, 7) is 4.80. The summed E-state index contributed by atoms with van der Waals surface area (Å²) in [6, 6.07) is 12.0. The van der Waals surface area contributed by atoms with Gasteiger partial charge in [0.25, 0.3) is 0 Å². The first-order valence-corrected chi connectivity index (χ1v) is 9.08. The molecule has 1 aliphatic heterocycles. The Bertz CT molecular complexity index is 786. The molecule has 1 atom stereocenters. The van der Waals surface area contributed by atoms with Crippen LogP contribution in [-0.2, 0) is 22.6 Å². The van der Waals surface area contributed by atoms with E-state index in [4.69, 9.17) is 0 Å². The number of hydrogen-bond acceptors (Lipinski definition) is 3. The van der Waals surface area contributed by atoms with Crippen LogP contribution in [0.15, 0.2) is 42.6 Å². The van der Waals surface area contributed by atoms with Gasteiger partial charge in [-0.1, -0.05) is 30.3 Å². The summed E-state index contributed by atoms with van der Waals surface area (Å²) in [7, 11) is 0. The first kappa shape index (κ1) is 18.1. The van der Waals surface area contributed by atoms with Crippen molar-refractivity contribution in [1.29, 1.82) is 0 Å². The molecule has 2 aromatic rings. The van der Waals surface area contributed by atoms with Crippen molar-refractivity contribution >= 4 is 11.8 Å². The third-order valence-corrected chi connectivity index (χ3v) is 4.91. The van der Waals surface area contributed by atoms with E-state index in [1.807, 2.05) is 48.2 Å². The van der Waals surface area contributed by atoms with E-state index in [1.165, 1.54) is 6.92 Å². The highest BCUT2D eigenvalue weighted by atomic mass is 16.2. The third-order valence-electron chi connectivity index (χ3n) is 4.91. The number of amides is 2. The first-order valence-electron chi connectivity index (χ1n) is 9.08. The van der Waals surface area contributed by atoms with E-state index in [9.17, 15) is 9.59 Å². The Kier molecular flexibility index (Phi) is 5.66. The summed E-state index contributed by atoms with van der Waals surface area (Å²) in [5, 5.41) is 2.77. The highest BCUT2D eigenvalue weighted by Gasteiger charge is 2.30. The van der Waals surface area contributed by atoms with Gasteiger partial charge in [0, 0.05) is 26.2 Å². The second-order valence-corrected chi connectivity index (χ2v) is 6.85. The lowest BCUT2D eigenvalue weighted by Crippen LogP contribution is -2.32. The van der Waals surface area contributed by atoms with Gasteiger partial charge < -0.3 is 10.2 Å². The maximum absolute atomic E-state index is 12.8. The lowest BCUT2D eigenvalue weighted by atomic mass is 10.0. The van der Waals surface area contributed by atoms with Gasteiger partial charge in [-0.2, -0.15) is 0 Å². The van der Waals surface area contributed by atoms with Gasteiger partial charge in [-0.3, -0.25) is 14.6 Å². The van der Waals surface area contributed by atoms with Gasteiger partial charge in [-0.15, -0.1) is 0 Å². The monoisotopic (exact) mass is 351 g/mol. The predicted octanol–water partition coefficient (Wildman–Crippen LogP) is 2.93. The van der Waals surface area contributed by atoms with Crippen LogP contribution < -0.4 is 5.32 Å². The van der Waals surface area contributed by atoms with Gasteiger partial charge in [0.2, 0.25) is 11.8 Å². The molecule has 1 aliphatic rings. The van der Waals surface area contributed by atoms with Gasteiger partial charge in [-0.25, -0.2) is 0 Å². The molecule has 0 saturated carbocycles. The molecule has 1 fully saturated rings. The molecule has 136 valence electrons. The van der Waals surface area contributed by atoms with E-state index in [2.05, 4.69) is 10.3 Å². The number of nitrogens with one attached hydrogen (secondary N) is 1. The van der Waals surface area contributed by atoms with Crippen LogP contribution in [0.4, 0.5) is 0 Å². The number of benzene rings is 1. The van der Waals surface area contributed by atoms with Crippen molar-refractivity contribution in [1.82, 2.24) is 15.2 Å². The summed E-state index contributed by atoms with van der Waals surface area (Å²) in [5.74, 6) is 0.101. The quantitative estimate of drug-likeness (QED) is 0.901. The fourth-order valence-corrected chi connectivity index (χ4v) is 3.41. The molecule has 1 N–H and O–H groups in total. The maximum Gasteiger partial charge on any atom is 0.227 e. The number of hydrogen-bond donors (Lipinski definition) is 1. The Morgan fingerprint density at radius 3 is 2.73 bits per heavy atom. The molecule has 26 heavy (non-hydrogen) atoms. The second kappa shape index (κ2) is 8.13. The van der Waals surface area contributed by atoms with E-state index in [0.717, 1.165) is 41.8 Å². The van der Waals surface area contributed by atoms with Crippen molar-refractivity contribution < 1.29 is 9.59 Å². The van der Waals surface area contributed by atoms with Crippen LogP contribution in [0.3, 0.4) is 0 Å². The number of nitrogens with zero attached hydrogens (tertiary/aromatic N) is 2. The molecular weight excluding hydrogens is 326 g/mol. The fourth-order valence-electron chi connectivity index (χ4n) is 3.41. The number of pyridine rings is 1. The average molecular weight is 351 g/mol. The number of carbonyl (C=O) groups excluding carboxylic acids is 2. The Labute approximate surface area is 154 Å². The Morgan fingerprint density at radius 2 is 2.04 bits per heavy atom. The van der Waals surface area contributed by atoms with Gasteiger partial charge in [-0.05, 0) is 42.5 Å². The zero-order valence-corrected chi connectivity index (χ0v) is 15.4. The van der Waals surface area contributed by atoms with E-state index >= 15 is 0 Å². The van der Waals surface area contributed by atoms with Crippen molar-refractivity contribution in [3.63, 3.8) is 0 Å². The Balaban J connectivity index is 1.68. The predicted molar refractivity (Wildman–Crippen MR) is 100 cm³/mol. The molecular formula is C21H25N3O2. The number of likely N-dealkylation sites (tertiary alicyclic amines) is 1. The topological polar surface area (TPSA) is 62.3 Å². The largest absolute Gasteiger partial charge is 0.352 e. The van der Waals surface area contributed by atoms with Crippen LogP contribution in [0.1, 0.15) is 48.2 Å². The summed E-state index contributed by atoms with van der Waals surface area (Å²) in [5.41, 5.74) is 4.12. The molecule has 0 radical (unpaired) electrons. The van der Waals surface area contributed by atoms with Crippen molar-refractivity contribution in [2.75, 3.05) is 6.54 Å². The summed E-state index contributed by atoms with van der Waals surface area (Å²) in [4.78, 5) is 30.4. The van der Waals surface area contributed by atoms with Crippen molar-refractivity contribution in [3.05, 3.63) is 65.0 Å². The van der Waals surface area contributed by atoms with Crippen molar-refractivity contribution in [2.24, 2.45) is 0 Å². The highest BCUT2D eigenvalue weighted by molar-refractivity contribution is 5.80. The van der Waals surface area contributed by atoms with Crippen LogP contribution >= 0.6 is 0 Å². The lowest BCUT2D eigenvalue weighted by Gasteiger charge is -2.25. The normalized spacial score (nSPS) is 16.5. The molecule has 5 nitrogen and oxygen atoms in total. The number of aromatic nitrogens is 1. The van der Waals surface area contributed by atoms with Gasteiger partial charge in [0.15, 0.2) is 0 Å². The fraction of sp³-hybridized carbons (Fsp3) is 0.381. The second-order valence-electron chi connectivity index (χ2n) is 6.85. The molecule has 5 heteroatoms. The average Bonchev–Trinajstić information content (AvgIpc) is 3.12. The van der Waals surface area contributed by atoms with Gasteiger partial charge in [0.05, 0.1) is 18.2 Å². The molecule has 1 aromatic heterocycles. The molecule has 1 aromatic carbocycles. The van der Waals surface area contributed by atoms with Crippen LogP contribution in [-0.4, -0.2) is 28.2 Å². The molecule has 0 spiro atoms. The molecule has 1 unspecified atom stereocenters. The van der Waals surface area contributed by atoms with E-state index in [1.54, 1.807) is 6.20 Å². The van der Waals surface area contributed by atoms with Crippen LogP contribution in [0, 0.1) is 6.92 Å². The third kappa shape index (κ3) is 4.28. The molecule has 0 aliphatic carbocycles. The number of carbonyl (C=O) groups is 2. The highest BCUT2D eigenvalue weighted by Crippen LogP contribution is 2.31. The summed E-state index contributed by atoms with van der Waals surface area (Å²) in [6.07, 6.45) is 4.16. The Morgan fingerprint density at radius 1 is 1.23 bits per heavy atom. The minimum atomic E-state index is -0.0575. The van der Waals surface area contributed by atoms with E-state index < -0.39 is 0 Å². The van der Waals surface area contributed by atoms with Gasteiger partial charge >= 0.3 is 0 Å². The zero-order valence-electron chi connectivity index (χ0n) is 15.4. The zero-order chi connectivity index (χ0) is 18.5. The summed E-state index contributed by atoms with van der Waals surface area (Å²) < 4.78 is 0. The van der Waals surface area contributed by atoms with E-state index in [-0.39, 0.29) is 17.9 Å². The minimum Gasteiger partial charge on any atom is -0.352 e. The van der Waals surface area contributed by atoms with Crippen molar-refractivity contribution in [3.8, 4) is 0 Å². The van der Waals surface area contributed by atoms with Crippen LogP contribution in [0.5, 0.6) is 0 Å². The molecule has 2 heterocycles. The molecule has 2 amide bonds. The molecule has 0 bridgehead atoms. The smallest absolute Gasteiger partial charge is 0.227 e. The standard InChI is InChI=1S/C21H25N3O2/c1-15-6-3-4-7-18(15)12-21(26)24-11-5-8-20(24)19-10-9-17(14-23-19)13-22-16(2)25/h3-4,6-7,9-10,14,20H,5,8,11-13H2,1-2H3,(H,22,25). The first-order chi connectivity index (χ1) is 12.5. The number of rotatable bonds is 5. The van der Waals surface area contributed by atoms with Crippen LogP contribution in [0.2, 0.25) is 0 Å². The van der Waals surface area contributed by atoms with E-state index in [0.29, 0.717) is 13.0 Å². The van der Waals surface area contributed by atoms with Gasteiger partial charge in [0.1, 0.15) is 0 Å². The molecule has 3 rings (SSSR count). The van der Waals surface area contributed by atoms with Crippen LogP contribution in [0.25, 0.3) is 0 Å². The lowest BCUT2D eigenvalue weighted by molar-refractivity contribution is -0.131. The molecule has 1 saturated heterocycles. The maximum atomic E-state index is 12.8. The number of aryl methyl sites for hydroxylation is 1. The Hall–Kier alpha value is -2.69.